The molecule has 0 fully saturated rings. The Kier molecular flexibility index (Phi) is 5.62. The van der Waals surface area contributed by atoms with Crippen LogP contribution in [0.5, 0.6) is 0 Å². The molecule has 1 N–H and O–H groups in total. The van der Waals surface area contributed by atoms with Crippen molar-refractivity contribution in [3.05, 3.63) is 63.8 Å². The molecule has 0 saturated carbocycles. The lowest BCUT2D eigenvalue weighted by Gasteiger charge is -2.15. The first-order valence-corrected chi connectivity index (χ1v) is 12.0. The lowest BCUT2D eigenvalue weighted by atomic mass is 9.96. The zero-order valence-electron chi connectivity index (χ0n) is 17.0. The molecule has 3 nitrogen and oxygen atoms in total. The van der Waals surface area contributed by atoms with Gasteiger partial charge in [0, 0.05) is 17.8 Å². The minimum absolute atomic E-state index is 0.791. The van der Waals surface area contributed by atoms with E-state index in [1.165, 1.54) is 77.6 Å². The Morgan fingerprint density at radius 1 is 0.931 bits per heavy atom. The molecule has 1 aromatic carbocycles. The van der Waals surface area contributed by atoms with E-state index in [0.29, 0.717) is 0 Å². The van der Waals surface area contributed by atoms with Crippen molar-refractivity contribution in [1.29, 1.82) is 0 Å². The Labute approximate surface area is 177 Å². The van der Waals surface area contributed by atoms with E-state index in [0.717, 1.165) is 31.0 Å². The summed E-state index contributed by atoms with van der Waals surface area (Å²) in [5.41, 5.74) is 4.40. The molecule has 0 saturated heterocycles. The molecular weight excluding hydrogens is 374 g/mol. The molecule has 0 amide bonds. The number of benzene rings is 1. The number of fused-ring (bicyclic) bond motifs is 3. The number of allylic oxidation sites excluding steroid dienone is 1. The van der Waals surface area contributed by atoms with Crippen molar-refractivity contribution in [2.75, 3.05) is 11.9 Å². The van der Waals surface area contributed by atoms with Crippen LogP contribution in [0.1, 0.15) is 66.8 Å². The summed E-state index contributed by atoms with van der Waals surface area (Å²) in [5, 5.41) is 5.02. The van der Waals surface area contributed by atoms with Crippen LogP contribution in [0.2, 0.25) is 0 Å². The van der Waals surface area contributed by atoms with E-state index in [4.69, 9.17) is 9.97 Å². The summed E-state index contributed by atoms with van der Waals surface area (Å²) in [6.07, 6.45) is 14.6. The summed E-state index contributed by atoms with van der Waals surface area (Å²) in [7, 11) is 0. The third kappa shape index (κ3) is 4.23. The third-order valence-corrected chi connectivity index (χ3v) is 7.38. The molecule has 2 aromatic heterocycles. The Hall–Kier alpha value is -2.20. The molecule has 0 aliphatic heterocycles. The molecule has 5 rings (SSSR count). The topological polar surface area (TPSA) is 37.8 Å². The predicted octanol–water partition coefficient (Wildman–Crippen LogP) is 6.46. The molecule has 4 heteroatoms. The number of nitrogens with zero attached hydrogens (tertiary/aromatic N) is 2. The van der Waals surface area contributed by atoms with E-state index in [2.05, 4.69) is 41.7 Å². The Morgan fingerprint density at radius 3 is 2.66 bits per heavy atom. The van der Waals surface area contributed by atoms with Gasteiger partial charge in [0.1, 0.15) is 16.5 Å². The second-order valence-corrected chi connectivity index (χ2v) is 9.41. The maximum Gasteiger partial charge on any atom is 0.138 e. The van der Waals surface area contributed by atoms with Crippen LogP contribution in [0.25, 0.3) is 10.2 Å². The number of anilines is 1. The molecule has 150 valence electrons. The highest BCUT2D eigenvalue weighted by Gasteiger charge is 2.21. The summed E-state index contributed by atoms with van der Waals surface area (Å²) < 4.78 is 0. The second-order valence-electron chi connectivity index (χ2n) is 8.33. The average Bonchev–Trinajstić information content (AvgIpc) is 3.14. The maximum atomic E-state index is 5.02. The molecule has 3 aromatic rings. The fourth-order valence-corrected chi connectivity index (χ4v) is 5.94. The van der Waals surface area contributed by atoms with Crippen molar-refractivity contribution in [3.8, 4) is 0 Å². The van der Waals surface area contributed by atoms with E-state index in [1.54, 1.807) is 5.57 Å². The van der Waals surface area contributed by atoms with Gasteiger partial charge in [0.25, 0.3) is 0 Å². The van der Waals surface area contributed by atoms with Gasteiger partial charge in [0.15, 0.2) is 0 Å². The van der Waals surface area contributed by atoms with Gasteiger partial charge in [-0.2, -0.15) is 0 Å². The minimum atomic E-state index is 0.791. The average molecular weight is 404 g/mol. The van der Waals surface area contributed by atoms with Gasteiger partial charge >= 0.3 is 0 Å². The van der Waals surface area contributed by atoms with E-state index >= 15 is 0 Å². The first kappa shape index (κ1) is 18.8. The Morgan fingerprint density at radius 2 is 1.79 bits per heavy atom. The summed E-state index contributed by atoms with van der Waals surface area (Å²) in [6.45, 7) is 0.966. The van der Waals surface area contributed by atoms with Gasteiger partial charge in [-0.05, 0) is 68.9 Å². The summed E-state index contributed by atoms with van der Waals surface area (Å²) >= 11 is 1.90. The van der Waals surface area contributed by atoms with Crippen molar-refractivity contribution in [1.82, 2.24) is 9.97 Å². The first-order chi connectivity index (χ1) is 14.4. The number of hydrogen-bond donors (Lipinski definition) is 1. The zero-order valence-corrected chi connectivity index (χ0v) is 17.9. The van der Waals surface area contributed by atoms with Crippen LogP contribution >= 0.6 is 11.3 Å². The highest BCUT2D eigenvalue weighted by atomic mass is 32.1. The predicted molar refractivity (Wildman–Crippen MR) is 123 cm³/mol. The first-order valence-electron chi connectivity index (χ1n) is 11.1. The summed E-state index contributed by atoms with van der Waals surface area (Å²) in [4.78, 5) is 12.7. The normalized spacial score (nSPS) is 16.5. The number of thiophene rings is 1. The molecule has 2 heterocycles. The lowest BCUT2D eigenvalue weighted by molar-refractivity contribution is 0.679. The van der Waals surface area contributed by atoms with Gasteiger partial charge in [-0.1, -0.05) is 42.0 Å². The van der Waals surface area contributed by atoms with Crippen LogP contribution in [0.4, 0.5) is 5.82 Å². The van der Waals surface area contributed by atoms with Gasteiger partial charge in [-0.15, -0.1) is 11.3 Å². The van der Waals surface area contributed by atoms with Crippen molar-refractivity contribution in [2.24, 2.45) is 0 Å². The number of hydrogen-bond acceptors (Lipinski definition) is 4. The van der Waals surface area contributed by atoms with Gasteiger partial charge in [0.2, 0.25) is 0 Å². The molecule has 0 unspecified atom stereocenters. The molecular formula is C25H29N3S. The van der Waals surface area contributed by atoms with E-state index in [9.17, 15) is 0 Å². The minimum Gasteiger partial charge on any atom is -0.369 e. The number of aromatic nitrogens is 2. The fourth-order valence-electron chi connectivity index (χ4n) is 4.66. The third-order valence-electron chi connectivity index (χ3n) is 6.19. The van der Waals surface area contributed by atoms with E-state index in [1.807, 2.05) is 11.3 Å². The van der Waals surface area contributed by atoms with Gasteiger partial charge < -0.3 is 5.32 Å². The monoisotopic (exact) mass is 403 g/mol. The van der Waals surface area contributed by atoms with Crippen LogP contribution in [0.15, 0.2) is 42.0 Å². The zero-order chi connectivity index (χ0) is 19.5. The quantitative estimate of drug-likeness (QED) is 0.480. The second kappa shape index (κ2) is 8.66. The number of rotatable bonds is 6. The van der Waals surface area contributed by atoms with Crippen molar-refractivity contribution in [2.45, 2.75) is 64.2 Å². The van der Waals surface area contributed by atoms with Crippen molar-refractivity contribution in [3.63, 3.8) is 0 Å². The van der Waals surface area contributed by atoms with Gasteiger partial charge in [0.05, 0.1) is 5.39 Å². The summed E-state index contributed by atoms with van der Waals surface area (Å²) in [6, 6.07) is 10.6. The molecule has 0 spiro atoms. The van der Waals surface area contributed by atoms with E-state index < -0.39 is 0 Å². The van der Waals surface area contributed by atoms with Crippen LogP contribution in [-0.4, -0.2) is 16.5 Å². The largest absolute Gasteiger partial charge is 0.369 e. The molecule has 0 atom stereocenters. The highest BCUT2D eigenvalue weighted by Crippen LogP contribution is 2.38. The number of nitrogens with one attached hydrogen (secondary N) is 1. The van der Waals surface area contributed by atoms with Crippen LogP contribution in [0, 0.1) is 0 Å². The number of aryl methyl sites for hydroxylation is 2. The molecule has 2 aliphatic rings. The Bertz CT molecular complexity index is 1020. The Balaban J connectivity index is 1.45. The molecule has 0 bridgehead atoms. The van der Waals surface area contributed by atoms with Crippen LogP contribution in [0.3, 0.4) is 0 Å². The van der Waals surface area contributed by atoms with Crippen molar-refractivity contribution < 1.29 is 0 Å². The van der Waals surface area contributed by atoms with Crippen molar-refractivity contribution >= 4 is 27.4 Å². The summed E-state index contributed by atoms with van der Waals surface area (Å²) in [5.74, 6) is 2.00. The molecule has 29 heavy (non-hydrogen) atoms. The van der Waals surface area contributed by atoms with Crippen LogP contribution < -0.4 is 5.32 Å². The van der Waals surface area contributed by atoms with Gasteiger partial charge in [-0.3, -0.25) is 0 Å². The molecule has 0 radical (unpaired) electrons. The van der Waals surface area contributed by atoms with Gasteiger partial charge in [-0.25, -0.2) is 9.97 Å². The highest BCUT2D eigenvalue weighted by molar-refractivity contribution is 7.19. The smallest absolute Gasteiger partial charge is 0.138 e. The van der Waals surface area contributed by atoms with E-state index in [-0.39, 0.29) is 0 Å². The maximum absolute atomic E-state index is 5.02. The fraction of sp³-hybridized carbons (Fsp3) is 0.440. The lowest BCUT2D eigenvalue weighted by Crippen LogP contribution is -2.09. The standard InChI is InChI=1S/C25H29N3S/c1-3-9-18(10-4-1)15-16-26-24-23-20-13-7-8-14-21(20)29-25(23)28-22(27-24)17-19-11-5-2-6-12-19/h2,5-6,9,11-12H,1,3-4,7-8,10,13-17H2,(H,26,27,28). The molecule has 2 aliphatic carbocycles. The van der Waals surface area contributed by atoms with Crippen LogP contribution in [-0.2, 0) is 19.3 Å². The SMILES string of the molecule is C1=C(CCNc2nc(Cc3ccccc3)nc3sc4c(c23)CCCC4)CCCC1.